The zero-order valence-electron chi connectivity index (χ0n) is 11.3. The monoisotopic (exact) mass is 265 g/mol. The van der Waals surface area contributed by atoms with E-state index in [9.17, 15) is 9.59 Å². The highest BCUT2D eigenvalue weighted by molar-refractivity contribution is 5.77. The van der Waals surface area contributed by atoms with E-state index in [4.69, 9.17) is 9.15 Å². The molecule has 0 spiro atoms. The Balaban J connectivity index is 1.81. The van der Waals surface area contributed by atoms with E-state index in [0.29, 0.717) is 31.0 Å². The fourth-order valence-corrected chi connectivity index (χ4v) is 2.04. The van der Waals surface area contributed by atoms with Gasteiger partial charge in [0.15, 0.2) is 0 Å². The Labute approximate surface area is 112 Å². The Morgan fingerprint density at radius 1 is 1.47 bits per heavy atom. The van der Waals surface area contributed by atoms with Crippen molar-refractivity contribution in [2.75, 3.05) is 13.1 Å². The highest BCUT2D eigenvalue weighted by atomic mass is 16.5. The van der Waals surface area contributed by atoms with E-state index < -0.39 is 5.63 Å². The number of unbranched alkanes of at least 4 members (excludes halogenated alkanes) is 1. The van der Waals surface area contributed by atoms with Crippen molar-refractivity contribution in [1.82, 2.24) is 4.90 Å². The Kier molecular flexibility index (Phi) is 4.24. The largest absolute Gasteiger partial charge is 0.486 e. The SMILES string of the molecule is CCCCC(=O)N1CC(Oc2cc(C)oc(=O)c2)C1. The van der Waals surface area contributed by atoms with Crippen molar-refractivity contribution in [2.45, 2.75) is 39.2 Å². The maximum absolute atomic E-state index is 11.7. The molecule has 0 bridgehead atoms. The summed E-state index contributed by atoms with van der Waals surface area (Å²) in [6, 6.07) is 3.01. The van der Waals surface area contributed by atoms with E-state index >= 15 is 0 Å². The Morgan fingerprint density at radius 3 is 2.84 bits per heavy atom. The van der Waals surface area contributed by atoms with Gasteiger partial charge in [0.25, 0.3) is 0 Å². The molecule has 19 heavy (non-hydrogen) atoms. The summed E-state index contributed by atoms with van der Waals surface area (Å²) in [5.41, 5.74) is -0.412. The Hall–Kier alpha value is -1.78. The van der Waals surface area contributed by atoms with Gasteiger partial charge in [0.2, 0.25) is 5.91 Å². The van der Waals surface area contributed by atoms with Gasteiger partial charge in [-0.15, -0.1) is 0 Å². The fourth-order valence-electron chi connectivity index (χ4n) is 2.04. The lowest BCUT2D eigenvalue weighted by Gasteiger charge is -2.39. The molecule has 1 fully saturated rings. The summed E-state index contributed by atoms with van der Waals surface area (Å²) in [6.45, 7) is 4.97. The number of hydrogen-bond acceptors (Lipinski definition) is 4. The third-order valence-corrected chi connectivity index (χ3v) is 3.11. The van der Waals surface area contributed by atoms with Gasteiger partial charge < -0.3 is 14.1 Å². The predicted octanol–water partition coefficient (Wildman–Crippen LogP) is 1.73. The van der Waals surface area contributed by atoms with Gasteiger partial charge in [-0.3, -0.25) is 4.79 Å². The van der Waals surface area contributed by atoms with Gasteiger partial charge in [0, 0.05) is 12.5 Å². The van der Waals surface area contributed by atoms with Gasteiger partial charge in [-0.05, 0) is 13.3 Å². The molecule has 1 amide bonds. The molecular formula is C14H19NO4. The van der Waals surface area contributed by atoms with Crippen LogP contribution in [-0.2, 0) is 4.79 Å². The molecule has 0 radical (unpaired) electrons. The molecule has 0 aliphatic carbocycles. The van der Waals surface area contributed by atoms with Gasteiger partial charge in [0.1, 0.15) is 17.6 Å². The van der Waals surface area contributed by atoms with E-state index in [1.165, 1.54) is 6.07 Å². The molecule has 1 aromatic rings. The van der Waals surface area contributed by atoms with Crippen LogP contribution >= 0.6 is 0 Å². The zero-order valence-corrected chi connectivity index (χ0v) is 11.3. The summed E-state index contributed by atoms with van der Waals surface area (Å²) in [5, 5.41) is 0. The van der Waals surface area contributed by atoms with Crippen LogP contribution in [0.2, 0.25) is 0 Å². The molecule has 1 aliphatic rings. The molecule has 0 atom stereocenters. The number of carbonyl (C=O) groups is 1. The highest BCUT2D eigenvalue weighted by Crippen LogP contribution is 2.18. The molecule has 1 saturated heterocycles. The van der Waals surface area contributed by atoms with Crippen molar-refractivity contribution >= 4 is 5.91 Å². The zero-order chi connectivity index (χ0) is 13.8. The minimum absolute atomic E-state index is 0.0215. The number of likely N-dealkylation sites (tertiary alicyclic amines) is 1. The van der Waals surface area contributed by atoms with Crippen LogP contribution in [0.15, 0.2) is 21.3 Å². The topological polar surface area (TPSA) is 59.8 Å². The van der Waals surface area contributed by atoms with Crippen molar-refractivity contribution in [3.05, 3.63) is 28.3 Å². The maximum Gasteiger partial charge on any atom is 0.339 e. The molecule has 2 heterocycles. The molecule has 0 unspecified atom stereocenters. The second kappa shape index (κ2) is 5.91. The molecule has 5 nitrogen and oxygen atoms in total. The normalized spacial score (nSPS) is 15.2. The van der Waals surface area contributed by atoms with Gasteiger partial charge in [0.05, 0.1) is 19.2 Å². The first kappa shape index (κ1) is 13.6. The predicted molar refractivity (Wildman–Crippen MR) is 70.2 cm³/mol. The van der Waals surface area contributed by atoms with Gasteiger partial charge in [-0.2, -0.15) is 0 Å². The first-order valence-electron chi connectivity index (χ1n) is 6.64. The maximum atomic E-state index is 11.7. The molecule has 0 aromatic carbocycles. The van der Waals surface area contributed by atoms with Gasteiger partial charge in [-0.1, -0.05) is 13.3 Å². The lowest BCUT2D eigenvalue weighted by Crippen LogP contribution is -2.56. The van der Waals surface area contributed by atoms with Crippen molar-refractivity contribution in [3.63, 3.8) is 0 Å². The highest BCUT2D eigenvalue weighted by Gasteiger charge is 2.31. The average Bonchev–Trinajstić information content (AvgIpc) is 2.29. The molecule has 1 aromatic heterocycles. The van der Waals surface area contributed by atoms with Crippen LogP contribution in [-0.4, -0.2) is 30.0 Å². The van der Waals surface area contributed by atoms with Crippen LogP contribution in [0.5, 0.6) is 5.75 Å². The molecule has 0 N–H and O–H groups in total. The summed E-state index contributed by atoms with van der Waals surface area (Å²) >= 11 is 0. The van der Waals surface area contributed by atoms with Gasteiger partial charge in [-0.25, -0.2) is 4.79 Å². The van der Waals surface area contributed by atoms with E-state index in [2.05, 4.69) is 6.92 Å². The number of nitrogens with zero attached hydrogens (tertiary/aromatic N) is 1. The van der Waals surface area contributed by atoms with Crippen LogP contribution in [0.25, 0.3) is 0 Å². The quantitative estimate of drug-likeness (QED) is 0.813. The number of aryl methyl sites for hydroxylation is 1. The van der Waals surface area contributed by atoms with Gasteiger partial charge >= 0.3 is 5.63 Å². The van der Waals surface area contributed by atoms with Crippen molar-refractivity contribution in [3.8, 4) is 5.75 Å². The van der Waals surface area contributed by atoms with Crippen LogP contribution < -0.4 is 10.4 Å². The third-order valence-electron chi connectivity index (χ3n) is 3.11. The first-order valence-corrected chi connectivity index (χ1v) is 6.64. The number of rotatable bonds is 5. The lowest BCUT2D eigenvalue weighted by atomic mass is 10.1. The average molecular weight is 265 g/mol. The third kappa shape index (κ3) is 3.59. The number of carbonyl (C=O) groups excluding carboxylic acids is 1. The van der Waals surface area contributed by atoms with Crippen molar-refractivity contribution in [2.24, 2.45) is 0 Å². The van der Waals surface area contributed by atoms with Crippen LogP contribution in [0.1, 0.15) is 31.9 Å². The summed E-state index contributed by atoms with van der Waals surface area (Å²) in [7, 11) is 0. The molecule has 5 heteroatoms. The second-order valence-electron chi connectivity index (χ2n) is 4.86. The summed E-state index contributed by atoms with van der Waals surface area (Å²) in [4.78, 5) is 24.7. The van der Waals surface area contributed by atoms with E-state index in [0.717, 1.165) is 12.8 Å². The molecule has 2 rings (SSSR count). The second-order valence-corrected chi connectivity index (χ2v) is 4.86. The standard InChI is InChI=1S/C14H19NO4/c1-3-4-5-13(16)15-8-12(9-15)19-11-6-10(2)18-14(17)7-11/h6-7,12H,3-5,8-9H2,1-2H3. The summed E-state index contributed by atoms with van der Waals surface area (Å²) < 4.78 is 10.5. The minimum Gasteiger partial charge on any atom is -0.486 e. The molecule has 1 aliphatic heterocycles. The first-order chi connectivity index (χ1) is 9.08. The number of ether oxygens (including phenoxy) is 1. The number of hydrogen-bond donors (Lipinski definition) is 0. The molecular weight excluding hydrogens is 246 g/mol. The van der Waals surface area contributed by atoms with Crippen LogP contribution in [0, 0.1) is 6.92 Å². The van der Waals surface area contributed by atoms with E-state index in [1.54, 1.807) is 17.9 Å². The Morgan fingerprint density at radius 2 is 2.21 bits per heavy atom. The molecule has 0 saturated carbocycles. The van der Waals surface area contributed by atoms with E-state index in [-0.39, 0.29) is 12.0 Å². The molecule has 104 valence electrons. The van der Waals surface area contributed by atoms with Crippen LogP contribution in [0.3, 0.4) is 0 Å². The fraction of sp³-hybridized carbons (Fsp3) is 0.571. The summed E-state index contributed by atoms with van der Waals surface area (Å²) in [6.07, 6.45) is 2.54. The summed E-state index contributed by atoms with van der Waals surface area (Å²) in [5.74, 6) is 1.22. The smallest absolute Gasteiger partial charge is 0.339 e. The minimum atomic E-state index is -0.412. The van der Waals surface area contributed by atoms with Crippen molar-refractivity contribution < 1.29 is 13.9 Å². The lowest BCUT2D eigenvalue weighted by molar-refractivity contribution is -0.140. The van der Waals surface area contributed by atoms with E-state index in [1.807, 2.05) is 0 Å². The van der Waals surface area contributed by atoms with Crippen molar-refractivity contribution in [1.29, 1.82) is 0 Å². The Bertz CT molecular complexity index is 502. The number of amides is 1. The van der Waals surface area contributed by atoms with Crippen LogP contribution in [0.4, 0.5) is 0 Å².